The second-order valence-electron chi connectivity index (χ2n) is 7.78. The number of carbonyl (C=O) groups is 1. The van der Waals surface area contributed by atoms with Gasteiger partial charge < -0.3 is 10.1 Å². The first kappa shape index (κ1) is 22.3. The van der Waals surface area contributed by atoms with Crippen molar-refractivity contribution in [3.05, 3.63) is 65.7 Å². The minimum atomic E-state index is -3.34. The van der Waals surface area contributed by atoms with E-state index in [0.717, 1.165) is 29.7 Å². The Morgan fingerprint density at radius 3 is 2.67 bits per heavy atom. The van der Waals surface area contributed by atoms with Crippen molar-refractivity contribution in [2.24, 2.45) is 5.92 Å². The van der Waals surface area contributed by atoms with Crippen LogP contribution >= 0.6 is 0 Å². The minimum absolute atomic E-state index is 0.0120. The molecule has 6 nitrogen and oxygen atoms in total. The third kappa shape index (κ3) is 6.57. The van der Waals surface area contributed by atoms with Crippen molar-refractivity contribution in [2.45, 2.75) is 38.0 Å². The summed E-state index contributed by atoms with van der Waals surface area (Å²) < 4.78 is 32.4. The smallest absolute Gasteiger partial charge is 0.220 e. The highest BCUT2D eigenvalue weighted by molar-refractivity contribution is 7.88. The number of methoxy groups -OCH3 is 1. The molecule has 2 aromatic rings. The van der Waals surface area contributed by atoms with Crippen molar-refractivity contribution in [1.29, 1.82) is 0 Å². The first-order valence-electron chi connectivity index (χ1n) is 10.4. The summed E-state index contributed by atoms with van der Waals surface area (Å²) in [5, 5.41) is 2.94. The van der Waals surface area contributed by atoms with E-state index in [0.29, 0.717) is 32.5 Å². The van der Waals surface area contributed by atoms with Crippen LogP contribution in [0.3, 0.4) is 0 Å². The molecule has 0 radical (unpaired) electrons. The van der Waals surface area contributed by atoms with Crippen molar-refractivity contribution in [2.75, 3.05) is 20.2 Å². The SMILES string of the molecule is COc1cccc(CNC(=O)CC[C@@H]2CCCN(S(=O)(=O)Cc3ccccc3)C2)c1. The van der Waals surface area contributed by atoms with E-state index in [2.05, 4.69) is 5.32 Å². The molecule has 1 amide bonds. The van der Waals surface area contributed by atoms with Gasteiger partial charge in [0.05, 0.1) is 12.9 Å². The van der Waals surface area contributed by atoms with Crippen LogP contribution in [0.4, 0.5) is 0 Å². The van der Waals surface area contributed by atoms with E-state index < -0.39 is 10.0 Å². The van der Waals surface area contributed by atoms with E-state index in [1.54, 1.807) is 11.4 Å². The molecule has 0 aliphatic carbocycles. The van der Waals surface area contributed by atoms with E-state index in [1.807, 2.05) is 54.6 Å². The number of nitrogens with zero attached hydrogens (tertiary/aromatic N) is 1. The second-order valence-corrected chi connectivity index (χ2v) is 9.74. The lowest BCUT2D eigenvalue weighted by Gasteiger charge is -2.32. The van der Waals surface area contributed by atoms with Gasteiger partial charge in [-0.05, 0) is 48.4 Å². The average molecular weight is 431 g/mol. The van der Waals surface area contributed by atoms with Crippen molar-refractivity contribution in [3.8, 4) is 5.75 Å². The van der Waals surface area contributed by atoms with Gasteiger partial charge in [-0.2, -0.15) is 0 Å². The fraction of sp³-hybridized carbons (Fsp3) is 0.435. The summed E-state index contributed by atoms with van der Waals surface area (Å²) in [6.45, 7) is 1.52. The van der Waals surface area contributed by atoms with Crippen molar-refractivity contribution < 1.29 is 17.9 Å². The molecular weight excluding hydrogens is 400 g/mol. The molecule has 1 saturated heterocycles. The molecule has 2 aromatic carbocycles. The number of hydrogen-bond acceptors (Lipinski definition) is 4. The first-order valence-corrected chi connectivity index (χ1v) is 12.0. The number of carbonyl (C=O) groups excluding carboxylic acids is 1. The number of nitrogens with one attached hydrogen (secondary N) is 1. The Morgan fingerprint density at radius 2 is 1.90 bits per heavy atom. The molecule has 1 N–H and O–H groups in total. The van der Waals surface area contributed by atoms with Crippen molar-refractivity contribution in [3.63, 3.8) is 0 Å². The van der Waals surface area contributed by atoms with Gasteiger partial charge in [-0.15, -0.1) is 0 Å². The summed E-state index contributed by atoms with van der Waals surface area (Å²) in [7, 11) is -1.72. The van der Waals surface area contributed by atoms with Gasteiger partial charge >= 0.3 is 0 Å². The molecule has 0 bridgehead atoms. The van der Waals surface area contributed by atoms with Crippen LogP contribution in [0.5, 0.6) is 5.75 Å². The third-order valence-electron chi connectivity index (χ3n) is 5.47. The molecule has 0 unspecified atom stereocenters. The number of rotatable bonds is 9. The number of sulfonamides is 1. The molecule has 162 valence electrons. The van der Waals surface area contributed by atoms with Crippen LogP contribution in [0.15, 0.2) is 54.6 Å². The molecule has 30 heavy (non-hydrogen) atoms. The quantitative estimate of drug-likeness (QED) is 0.662. The zero-order valence-corrected chi connectivity index (χ0v) is 18.2. The second kappa shape index (κ2) is 10.6. The van der Waals surface area contributed by atoms with E-state index in [-0.39, 0.29) is 17.6 Å². The minimum Gasteiger partial charge on any atom is -0.497 e. The number of ether oxygens (including phenoxy) is 1. The molecule has 1 atom stereocenters. The lowest BCUT2D eigenvalue weighted by atomic mass is 9.94. The Hall–Kier alpha value is -2.38. The van der Waals surface area contributed by atoms with E-state index in [4.69, 9.17) is 4.74 Å². The fourth-order valence-corrected chi connectivity index (χ4v) is 5.44. The normalized spacial score (nSPS) is 17.4. The molecule has 1 aliphatic rings. The topological polar surface area (TPSA) is 75.7 Å². The summed E-state index contributed by atoms with van der Waals surface area (Å²) in [6, 6.07) is 16.9. The number of amides is 1. The average Bonchev–Trinajstić information content (AvgIpc) is 2.77. The summed E-state index contributed by atoms with van der Waals surface area (Å²) in [5.41, 5.74) is 1.79. The largest absolute Gasteiger partial charge is 0.497 e. The molecule has 3 rings (SSSR count). The molecule has 1 fully saturated rings. The standard InChI is InChI=1S/C23H30N2O4S/c1-29-22-11-5-9-21(15-22)16-24-23(26)13-12-19-10-6-14-25(17-19)30(27,28)18-20-7-3-2-4-8-20/h2-5,7-9,11,15,19H,6,10,12-14,16-18H2,1H3,(H,24,26)/t19-/m0/s1. The highest BCUT2D eigenvalue weighted by Gasteiger charge is 2.29. The maximum atomic E-state index is 12.8. The zero-order valence-electron chi connectivity index (χ0n) is 17.4. The summed E-state index contributed by atoms with van der Waals surface area (Å²) in [4.78, 5) is 12.3. The molecule has 7 heteroatoms. The van der Waals surface area contributed by atoms with E-state index in [1.165, 1.54) is 0 Å². The Bertz CT molecular complexity index is 931. The van der Waals surface area contributed by atoms with Crippen LogP contribution in [0, 0.1) is 5.92 Å². The molecule has 1 heterocycles. The summed E-state index contributed by atoms with van der Waals surface area (Å²) in [5.74, 6) is 0.997. The monoisotopic (exact) mass is 430 g/mol. The number of benzene rings is 2. The maximum absolute atomic E-state index is 12.8. The summed E-state index contributed by atoms with van der Waals surface area (Å²) >= 11 is 0. The molecule has 0 saturated carbocycles. The Balaban J connectivity index is 1.45. The molecular formula is C23H30N2O4S. The first-order chi connectivity index (χ1) is 14.5. The van der Waals surface area contributed by atoms with Crippen LogP contribution in [-0.4, -0.2) is 38.8 Å². The van der Waals surface area contributed by atoms with Gasteiger partial charge in [0.25, 0.3) is 0 Å². The Kier molecular flexibility index (Phi) is 7.87. The number of piperidine rings is 1. The van der Waals surface area contributed by atoms with Gasteiger partial charge in [-0.25, -0.2) is 12.7 Å². The van der Waals surface area contributed by atoms with Crippen molar-refractivity contribution in [1.82, 2.24) is 9.62 Å². The highest BCUT2D eigenvalue weighted by Crippen LogP contribution is 2.24. The van der Waals surface area contributed by atoms with Crippen LogP contribution < -0.4 is 10.1 Å². The summed E-state index contributed by atoms with van der Waals surface area (Å²) in [6.07, 6.45) is 2.90. The predicted molar refractivity (Wildman–Crippen MR) is 117 cm³/mol. The van der Waals surface area contributed by atoms with Gasteiger partial charge in [0.15, 0.2) is 0 Å². The lowest BCUT2D eigenvalue weighted by Crippen LogP contribution is -2.40. The van der Waals surface area contributed by atoms with Gasteiger partial charge in [0, 0.05) is 26.1 Å². The molecule has 1 aliphatic heterocycles. The molecule has 0 spiro atoms. The zero-order chi connectivity index (χ0) is 21.4. The third-order valence-corrected chi connectivity index (χ3v) is 7.29. The van der Waals surface area contributed by atoms with Gasteiger partial charge in [-0.3, -0.25) is 4.79 Å². The fourth-order valence-electron chi connectivity index (χ4n) is 3.80. The lowest BCUT2D eigenvalue weighted by molar-refractivity contribution is -0.121. The Labute approximate surface area is 179 Å². The van der Waals surface area contributed by atoms with Crippen molar-refractivity contribution >= 4 is 15.9 Å². The highest BCUT2D eigenvalue weighted by atomic mass is 32.2. The van der Waals surface area contributed by atoms with Crippen LogP contribution in [0.25, 0.3) is 0 Å². The van der Waals surface area contributed by atoms with Crippen LogP contribution in [0.2, 0.25) is 0 Å². The molecule has 0 aromatic heterocycles. The van der Waals surface area contributed by atoms with Crippen LogP contribution in [-0.2, 0) is 27.1 Å². The van der Waals surface area contributed by atoms with E-state index >= 15 is 0 Å². The van der Waals surface area contributed by atoms with Gasteiger partial charge in [-0.1, -0.05) is 42.5 Å². The van der Waals surface area contributed by atoms with Crippen LogP contribution in [0.1, 0.15) is 36.8 Å². The number of hydrogen-bond donors (Lipinski definition) is 1. The van der Waals surface area contributed by atoms with Gasteiger partial charge in [0.2, 0.25) is 15.9 Å². The maximum Gasteiger partial charge on any atom is 0.220 e. The van der Waals surface area contributed by atoms with E-state index in [9.17, 15) is 13.2 Å². The predicted octanol–water partition coefficient (Wildman–Crippen LogP) is 3.33. The van der Waals surface area contributed by atoms with Gasteiger partial charge in [0.1, 0.15) is 5.75 Å². The Morgan fingerprint density at radius 1 is 1.13 bits per heavy atom.